The van der Waals surface area contributed by atoms with Gasteiger partial charge in [0.1, 0.15) is 5.75 Å². The highest BCUT2D eigenvalue weighted by atomic mass is 16.5. The zero-order valence-corrected chi connectivity index (χ0v) is 11.6. The number of benzene rings is 1. The van der Waals surface area contributed by atoms with E-state index in [1.54, 1.807) is 0 Å². The summed E-state index contributed by atoms with van der Waals surface area (Å²) in [5, 5.41) is 6.21. The van der Waals surface area contributed by atoms with Crippen LogP contribution in [-0.4, -0.2) is 24.6 Å². The van der Waals surface area contributed by atoms with Gasteiger partial charge in [0.25, 0.3) is 0 Å². The number of rotatable bonds is 7. The number of anilines is 1. The average Bonchev–Trinajstić information content (AvgIpc) is 3.15. The maximum Gasteiger partial charge on any atom is 0.225 e. The van der Waals surface area contributed by atoms with Crippen molar-refractivity contribution in [1.29, 1.82) is 0 Å². The van der Waals surface area contributed by atoms with Crippen LogP contribution in [0.3, 0.4) is 0 Å². The number of ether oxygens (including phenoxy) is 1. The lowest BCUT2D eigenvalue weighted by Crippen LogP contribution is -2.23. The third-order valence-corrected chi connectivity index (χ3v) is 2.87. The molecular weight excluding hydrogens is 240 g/mol. The van der Waals surface area contributed by atoms with E-state index < -0.39 is 0 Å². The van der Waals surface area contributed by atoms with Crippen LogP contribution in [0.25, 0.3) is 0 Å². The van der Waals surface area contributed by atoms with E-state index in [0.29, 0.717) is 12.5 Å². The van der Waals surface area contributed by atoms with E-state index >= 15 is 0 Å². The number of carbonyl (C=O) groups excluding carboxylic acids is 1. The number of nitrogens with one attached hydrogen (secondary N) is 2. The molecular formula is C15H22N2O2. The second kappa shape index (κ2) is 6.57. The van der Waals surface area contributed by atoms with Gasteiger partial charge in [0.2, 0.25) is 5.91 Å². The largest absolute Gasteiger partial charge is 0.491 e. The van der Waals surface area contributed by atoms with Gasteiger partial charge in [-0.25, -0.2) is 0 Å². The molecule has 0 spiro atoms. The van der Waals surface area contributed by atoms with Gasteiger partial charge in [-0.1, -0.05) is 0 Å². The fraction of sp³-hybridized carbons (Fsp3) is 0.533. The summed E-state index contributed by atoms with van der Waals surface area (Å²) in [6, 6.07) is 8.13. The van der Waals surface area contributed by atoms with E-state index in [1.165, 1.54) is 12.8 Å². The van der Waals surface area contributed by atoms with Crippen LogP contribution in [-0.2, 0) is 4.79 Å². The lowest BCUT2D eigenvalue weighted by molar-refractivity contribution is -0.116. The summed E-state index contributed by atoms with van der Waals surface area (Å²) in [6.45, 7) is 4.73. The summed E-state index contributed by atoms with van der Waals surface area (Å²) in [6.07, 6.45) is 3.17. The Balaban J connectivity index is 1.72. The third-order valence-electron chi connectivity index (χ3n) is 2.87. The van der Waals surface area contributed by atoms with Crippen molar-refractivity contribution in [2.24, 2.45) is 0 Å². The molecule has 2 rings (SSSR count). The van der Waals surface area contributed by atoms with Crippen molar-refractivity contribution < 1.29 is 9.53 Å². The number of carbonyl (C=O) groups is 1. The van der Waals surface area contributed by atoms with Crippen molar-refractivity contribution in [3.63, 3.8) is 0 Å². The molecule has 0 heterocycles. The zero-order valence-electron chi connectivity index (χ0n) is 11.6. The molecule has 1 aromatic rings. The second-order valence-corrected chi connectivity index (χ2v) is 5.22. The lowest BCUT2D eigenvalue weighted by atomic mass is 10.3. The minimum atomic E-state index is 0.0469. The Bertz CT molecular complexity index is 411. The molecule has 0 aliphatic heterocycles. The van der Waals surface area contributed by atoms with Crippen LogP contribution in [0.15, 0.2) is 24.3 Å². The van der Waals surface area contributed by atoms with Gasteiger partial charge in [0, 0.05) is 24.7 Å². The summed E-state index contributed by atoms with van der Waals surface area (Å²) in [4.78, 5) is 11.7. The quantitative estimate of drug-likeness (QED) is 0.794. The molecule has 1 aliphatic rings. The molecule has 0 bridgehead atoms. The number of amides is 1. The molecule has 0 saturated heterocycles. The van der Waals surface area contributed by atoms with Crippen LogP contribution in [0.2, 0.25) is 0 Å². The first-order chi connectivity index (χ1) is 9.13. The lowest BCUT2D eigenvalue weighted by Gasteiger charge is -2.10. The molecule has 19 heavy (non-hydrogen) atoms. The molecule has 4 nitrogen and oxygen atoms in total. The standard InChI is InChI=1S/C15H22N2O2/c1-11(2)19-14-7-5-13(6-8-14)17-15(18)9-10-16-12-3-4-12/h5-8,11-12,16H,3-4,9-10H2,1-2H3,(H,17,18). The van der Waals surface area contributed by atoms with Gasteiger partial charge >= 0.3 is 0 Å². The van der Waals surface area contributed by atoms with Crippen LogP contribution >= 0.6 is 0 Å². The number of hydrogen-bond donors (Lipinski definition) is 2. The van der Waals surface area contributed by atoms with Crippen LogP contribution in [0, 0.1) is 0 Å². The van der Waals surface area contributed by atoms with Crippen molar-refractivity contribution >= 4 is 11.6 Å². The van der Waals surface area contributed by atoms with Crippen molar-refractivity contribution in [3.05, 3.63) is 24.3 Å². The van der Waals surface area contributed by atoms with Crippen molar-refractivity contribution in [3.8, 4) is 5.75 Å². The first kappa shape index (κ1) is 13.9. The maximum absolute atomic E-state index is 11.7. The summed E-state index contributed by atoms with van der Waals surface area (Å²) in [7, 11) is 0. The Morgan fingerprint density at radius 1 is 1.32 bits per heavy atom. The van der Waals surface area contributed by atoms with Gasteiger partial charge in [0.05, 0.1) is 6.10 Å². The molecule has 0 aromatic heterocycles. The Morgan fingerprint density at radius 3 is 2.58 bits per heavy atom. The van der Waals surface area contributed by atoms with Gasteiger partial charge in [-0.15, -0.1) is 0 Å². The molecule has 1 saturated carbocycles. The van der Waals surface area contributed by atoms with Gasteiger partial charge < -0.3 is 15.4 Å². The summed E-state index contributed by atoms with van der Waals surface area (Å²) >= 11 is 0. The predicted octanol–water partition coefficient (Wildman–Crippen LogP) is 2.55. The van der Waals surface area contributed by atoms with E-state index in [9.17, 15) is 4.79 Å². The molecule has 1 aromatic carbocycles. The fourth-order valence-electron chi connectivity index (χ4n) is 1.79. The highest BCUT2D eigenvalue weighted by molar-refractivity contribution is 5.90. The maximum atomic E-state index is 11.7. The SMILES string of the molecule is CC(C)Oc1ccc(NC(=O)CCNC2CC2)cc1. The molecule has 0 radical (unpaired) electrons. The first-order valence-corrected chi connectivity index (χ1v) is 6.93. The van der Waals surface area contributed by atoms with E-state index in [2.05, 4.69) is 10.6 Å². The Kier molecular flexibility index (Phi) is 4.80. The average molecular weight is 262 g/mol. The molecule has 1 fully saturated rings. The van der Waals surface area contributed by atoms with Crippen LogP contribution < -0.4 is 15.4 Å². The highest BCUT2D eigenvalue weighted by Crippen LogP contribution is 2.19. The van der Waals surface area contributed by atoms with Crippen LogP contribution in [0.4, 0.5) is 5.69 Å². The Labute approximate surface area is 114 Å². The second-order valence-electron chi connectivity index (χ2n) is 5.22. The van der Waals surface area contributed by atoms with E-state index in [4.69, 9.17) is 4.74 Å². The molecule has 0 unspecified atom stereocenters. The normalized spacial score (nSPS) is 14.5. The van der Waals surface area contributed by atoms with E-state index in [-0.39, 0.29) is 12.0 Å². The first-order valence-electron chi connectivity index (χ1n) is 6.93. The molecule has 1 aliphatic carbocycles. The topological polar surface area (TPSA) is 50.4 Å². The van der Waals surface area contributed by atoms with E-state index in [1.807, 2.05) is 38.1 Å². The smallest absolute Gasteiger partial charge is 0.225 e. The van der Waals surface area contributed by atoms with Crippen LogP contribution in [0.5, 0.6) is 5.75 Å². The minimum Gasteiger partial charge on any atom is -0.491 e. The Hall–Kier alpha value is -1.55. The summed E-state index contributed by atoms with van der Waals surface area (Å²) in [5.74, 6) is 0.870. The minimum absolute atomic E-state index is 0.0469. The predicted molar refractivity (Wildman–Crippen MR) is 76.5 cm³/mol. The van der Waals surface area contributed by atoms with Crippen LogP contribution in [0.1, 0.15) is 33.1 Å². The van der Waals surface area contributed by atoms with Gasteiger partial charge in [-0.05, 0) is 51.0 Å². The van der Waals surface area contributed by atoms with E-state index in [0.717, 1.165) is 18.0 Å². The van der Waals surface area contributed by atoms with Crippen molar-refractivity contribution in [1.82, 2.24) is 5.32 Å². The zero-order chi connectivity index (χ0) is 13.7. The molecule has 104 valence electrons. The van der Waals surface area contributed by atoms with Crippen molar-refractivity contribution in [2.45, 2.75) is 45.3 Å². The number of hydrogen-bond acceptors (Lipinski definition) is 3. The fourth-order valence-corrected chi connectivity index (χ4v) is 1.79. The van der Waals surface area contributed by atoms with Gasteiger partial charge in [-0.3, -0.25) is 4.79 Å². The van der Waals surface area contributed by atoms with Crippen molar-refractivity contribution in [2.75, 3.05) is 11.9 Å². The molecule has 0 atom stereocenters. The third kappa shape index (κ3) is 5.30. The van der Waals surface area contributed by atoms with Gasteiger partial charge in [-0.2, -0.15) is 0 Å². The Morgan fingerprint density at radius 2 is 2.00 bits per heavy atom. The molecule has 4 heteroatoms. The molecule has 2 N–H and O–H groups in total. The monoisotopic (exact) mass is 262 g/mol. The highest BCUT2D eigenvalue weighted by Gasteiger charge is 2.20. The summed E-state index contributed by atoms with van der Waals surface area (Å²) < 4.78 is 5.55. The summed E-state index contributed by atoms with van der Waals surface area (Å²) in [5.41, 5.74) is 0.813. The van der Waals surface area contributed by atoms with Gasteiger partial charge in [0.15, 0.2) is 0 Å². The molecule has 1 amide bonds.